The summed E-state index contributed by atoms with van der Waals surface area (Å²) in [5.41, 5.74) is 9.92. The zero-order valence-electron chi connectivity index (χ0n) is 12.8. The zero-order chi connectivity index (χ0) is 16.2. The van der Waals surface area contributed by atoms with Crippen LogP contribution in [0.1, 0.15) is 0 Å². The predicted octanol–water partition coefficient (Wildman–Crippen LogP) is 1.53. The number of nitrogen functional groups attached to an aromatic ring is 1. The molecular weight excluding hydrogens is 360 g/mol. The second-order valence-corrected chi connectivity index (χ2v) is 6.29. The summed E-state index contributed by atoms with van der Waals surface area (Å²) >= 11 is 3.36. The SMILES string of the molecule is CN1CCN(Nc2ncnc(Nc3ccc(Br)cn3)c2N)CC1. The van der Waals surface area contributed by atoms with E-state index in [1.807, 2.05) is 12.1 Å². The smallest absolute Gasteiger partial charge is 0.169 e. The Morgan fingerprint density at radius 1 is 1.09 bits per heavy atom. The molecule has 2 aromatic rings. The van der Waals surface area contributed by atoms with Crippen LogP contribution in [-0.4, -0.2) is 58.1 Å². The van der Waals surface area contributed by atoms with E-state index in [0.717, 1.165) is 30.7 Å². The first-order valence-corrected chi connectivity index (χ1v) is 8.10. The minimum absolute atomic E-state index is 0.469. The summed E-state index contributed by atoms with van der Waals surface area (Å²) < 4.78 is 0.913. The maximum atomic E-state index is 6.18. The fourth-order valence-electron chi connectivity index (χ4n) is 2.22. The highest BCUT2D eigenvalue weighted by Crippen LogP contribution is 2.25. The Morgan fingerprint density at radius 2 is 1.83 bits per heavy atom. The molecule has 1 aliphatic rings. The third-order valence-corrected chi connectivity index (χ3v) is 4.09. The molecule has 4 N–H and O–H groups in total. The van der Waals surface area contributed by atoms with Gasteiger partial charge in [-0.2, -0.15) is 0 Å². The van der Waals surface area contributed by atoms with Crippen LogP contribution in [0, 0.1) is 0 Å². The third kappa shape index (κ3) is 4.06. The van der Waals surface area contributed by atoms with Crippen LogP contribution < -0.4 is 16.5 Å². The van der Waals surface area contributed by atoms with Gasteiger partial charge in [0, 0.05) is 36.8 Å². The third-order valence-electron chi connectivity index (χ3n) is 3.63. The first kappa shape index (κ1) is 15.9. The average molecular weight is 379 g/mol. The van der Waals surface area contributed by atoms with Crippen LogP contribution in [0.25, 0.3) is 0 Å². The molecule has 0 radical (unpaired) electrons. The maximum absolute atomic E-state index is 6.18. The number of hydrazine groups is 1. The number of piperazine rings is 1. The average Bonchev–Trinajstić information content (AvgIpc) is 2.55. The fraction of sp³-hybridized carbons (Fsp3) is 0.357. The molecule has 3 heterocycles. The Labute approximate surface area is 143 Å². The van der Waals surface area contributed by atoms with E-state index in [1.165, 1.54) is 6.33 Å². The largest absolute Gasteiger partial charge is 0.393 e. The van der Waals surface area contributed by atoms with Crippen molar-refractivity contribution in [2.75, 3.05) is 49.7 Å². The molecule has 3 rings (SSSR count). The molecule has 2 aromatic heterocycles. The minimum atomic E-state index is 0.469. The monoisotopic (exact) mass is 378 g/mol. The van der Waals surface area contributed by atoms with E-state index in [4.69, 9.17) is 5.73 Å². The predicted molar refractivity (Wildman–Crippen MR) is 94.4 cm³/mol. The van der Waals surface area contributed by atoms with E-state index in [9.17, 15) is 0 Å². The Bertz CT molecular complexity index is 654. The molecule has 0 saturated carbocycles. The van der Waals surface area contributed by atoms with Crippen LogP contribution in [0.3, 0.4) is 0 Å². The van der Waals surface area contributed by atoms with Crippen LogP contribution >= 0.6 is 15.9 Å². The molecule has 0 spiro atoms. The highest BCUT2D eigenvalue weighted by atomic mass is 79.9. The van der Waals surface area contributed by atoms with Gasteiger partial charge in [0.25, 0.3) is 0 Å². The molecule has 23 heavy (non-hydrogen) atoms. The number of rotatable bonds is 4. The van der Waals surface area contributed by atoms with Crippen LogP contribution in [0.2, 0.25) is 0 Å². The van der Waals surface area contributed by atoms with Gasteiger partial charge in [0.15, 0.2) is 11.6 Å². The lowest BCUT2D eigenvalue weighted by Gasteiger charge is -2.32. The normalized spacial score (nSPS) is 16.3. The van der Waals surface area contributed by atoms with Crippen molar-refractivity contribution < 1.29 is 0 Å². The molecule has 1 saturated heterocycles. The number of likely N-dealkylation sites (N-methyl/N-ethyl adjacent to an activating group) is 1. The first-order valence-electron chi connectivity index (χ1n) is 7.31. The van der Waals surface area contributed by atoms with Gasteiger partial charge in [0.2, 0.25) is 0 Å². The van der Waals surface area contributed by atoms with Crippen molar-refractivity contribution in [3.05, 3.63) is 29.1 Å². The Kier molecular flexibility index (Phi) is 4.89. The molecule has 122 valence electrons. The summed E-state index contributed by atoms with van der Waals surface area (Å²) in [4.78, 5) is 15.0. The summed E-state index contributed by atoms with van der Waals surface area (Å²) in [7, 11) is 2.11. The lowest BCUT2D eigenvalue weighted by Crippen LogP contribution is -2.47. The molecule has 0 unspecified atom stereocenters. The summed E-state index contributed by atoms with van der Waals surface area (Å²) in [6.07, 6.45) is 3.19. The van der Waals surface area contributed by atoms with Crippen molar-refractivity contribution in [1.82, 2.24) is 24.9 Å². The van der Waals surface area contributed by atoms with Crippen molar-refractivity contribution in [3.63, 3.8) is 0 Å². The van der Waals surface area contributed by atoms with Gasteiger partial charge in [-0.3, -0.25) is 0 Å². The van der Waals surface area contributed by atoms with E-state index in [2.05, 4.69) is 58.6 Å². The highest BCUT2D eigenvalue weighted by Gasteiger charge is 2.16. The summed E-state index contributed by atoms with van der Waals surface area (Å²) in [6, 6.07) is 3.75. The quantitative estimate of drug-likeness (QED) is 0.737. The van der Waals surface area contributed by atoms with Crippen LogP contribution in [0.4, 0.5) is 23.1 Å². The number of nitrogens with zero attached hydrogens (tertiary/aromatic N) is 5. The molecule has 1 aliphatic heterocycles. The van der Waals surface area contributed by atoms with Gasteiger partial charge in [-0.1, -0.05) is 0 Å². The van der Waals surface area contributed by atoms with E-state index in [0.29, 0.717) is 23.1 Å². The topological polar surface area (TPSA) is 95.2 Å². The number of hydrogen-bond donors (Lipinski definition) is 3. The Morgan fingerprint density at radius 3 is 2.52 bits per heavy atom. The lowest BCUT2D eigenvalue weighted by molar-refractivity contribution is 0.178. The number of anilines is 4. The minimum Gasteiger partial charge on any atom is -0.393 e. The summed E-state index contributed by atoms with van der Waals surface area (Å²) in [6.45, 7) is 3.84. The first-order chi connectivity index (χ1) is 11.1. The number of aromatic nitrogens is 3. The van der Waals surface area contributed by atoms with E-state index in [-0.39, 0.29) is 0 Å². The standard InChI is InChI=1S/C14H19BrN8/c1-22-4-6-23(7-5-22)21-14-12(16)13(18-9-19-14)20-11-3-2-10(15)8-17-11/h2-3,8-9H,4-7,16H2,1H3,(H2,17,18,19,20,21). The second kappa shape index (κ2) is 7.07. The molecule has 0 amide bonds. The number of nitrogens with one attached hydrogen (secondary N) is 2. The van der Waals surface area contributed by atoms with Gasteiger partial charge in [-0.25, -0.2) is 20.0 Å². The number of pyridine rings is 1. The van der Waals surface area contributed by atoms with Gasteiger partial charge in [-0.15, -0.1) is 0 Å². The maximum Gasteiger partial charge on any atom is 0.169 e. The molecule has 9 heteroatoms. The van der Waals surface area contributed by atoms with Gasteiger partial charge in [0.05, 0.1) is 0 Å². The Balaban J connectivity index is 1.71. The van der Waals surface area contributed by atoms with Gasteiger partial charge in [-0.05, 0) is 35.1 Å². The molecule has 0 aromatic carbocycles. The Hall–Kier alpha value is -1.97. The molecule has 1 fully saturated rings. The zero-order valence-corrected chi connectivity index (χ0v) is 14.4. The molecular formula is C14H19BrN8. The summed E-state index contributed by atoms with van der Waals surface area (Å²) in [5, 5.41) is 5.22. The summed E-state index contributed by atoms with van der Waals surface area (Å²) in [5.74, 6) is 1.81. The van der Waals surface area contributed by atoms with E-state index < -0.39 is 0 Å². The van der Waals surface area contributed by atoms with Crippen molar-refractivity contribution in [1.29, 1.82) is 0 Å². The number of nitrogens with two attached hydrogens (primary N) is 1. The van der Waals surface area contributed by atoms with Gasteiger partial charge in [0.1, 0.15) is 17.8 Å². The van der Waals surface area contributed by atoms with E-state index in [1.54, 1.807) is 6.20 Å². The fourth-order valence-corrected chi connectivity index (χ4v) is 2.46. The van der Waals surface area contributed by atoms with Crippen molar-refractivity contribution in [3.8, 4) is 0 Å². The van der Waals surface area contributed by atoms with Gasteiger partial charge >= 0.3 is 0 Å². The van der Waals surface area contributed by atoms with Crippen LogP contribution in [0.5, 0.6) is 0 Å². The van der Waals surface area contributed by atoms with Crippen molar-refractivity contribution in [2.45, 2.75) is 0 Å². The highest BCUT2D eigenvalue weighted by molar-refractivity contribution is 9.10. The van der Waals surface area contributed by atoms with E-state index >= 15 is 0 Å². The van der Waals surface area contributed by atoms with Gasteiger partial charge < -0.3 is 21.4 Å². The second-order valence-electron chi connectivity index (χ2n) is 5.37. The molecule has 8 nitrogen and oxygen atoms in total. The number of hydrogen-bond acceptors (Lipinski definition) is 8. The van der Waals surface area contributed by atoms with Crippen molar-refractivity contribution in [2.24, 2.45) is 0 Å². The molecule has 0 bridgehead atoms. The van der Waals surface area contributed by atoms with Crippen LogP contribution in [-0.2, 0) is 0 Å². The number of halogens is 1. The molecule has 0 aliphatic carbocycles. The molecule has 0 atom stereocenters. The van der Waals surface area contributed by atoms with Crippen molar-refractivity contribution >= 4 is 39.1 Å². The lowest BCUT2D eigenvalue weighted by atomic mass is 10.4. The van der Waals surface area contributed by atoms with Crippen LogP contribution in [0.15, 0.2) is 29.1 Å².